The molecule has 0 aromatic heterocycles. The molecule has 1 unspecified atom stereocenters. The zero-order chi connectivity index (χ0) is 30.3. The van der Waals surface area contributed by atoms with E-state index in [2.05, 4.69) is 5.32 Å². The molecule has 0 aliphatic heterocycles. The Morgan fingerprint density at radius 2 is 1.62 bits per heavy atom. The molecule has 1 aliphatic rings. The van der Waals surface area contributed by atoms with Gasteiger partial charge in [-0.2, -0.15) is 0 Å². The summed E-state index contributed by atoms with van der Waals surface area (Å²) in [5.74, 6) is -0.999. The monoisotopic (exact) mass is 595 g/mol. The van der Waals surface area contributed by atoms with Gasteiger partial charge < -0.3 is 15.0 Å². The number of ether oxygens (including phenoxy) is 1. The smallest absolute Gasteiger partial charge is 0.264 e. The fourth-order valence-electron chi connectivity index (χ4n) is 5.08. The maximum atomic E-state index is 14.7. The average Bonchev–Trinajstić information content (AvgIpc) is 2.99. The minimum Gasteiger partial charge on any atom is -0.497 e. The molecule has 42 heavy (non-hydrogen) atoms. The highest BCUT2D eigenvalue weighted by atomic mass is 32.2. The van der Waals surface area contributed by atoms with Crippen molar-refractivity contribution in [2.24, 2.45) is 0 Å². The van der Waals surface area contributed by atoms with Crippen LogP contribution in [0.5, 0.6) is 5.75 Å². The maximum absolute atomic E-state index is 14.7. The number of amides is 2. The number of rotatable bonds is 11. The van der Waals surface area contributed by atoms with Crippen molar-refractivity contribution >= 4 is 27.5 Å². The number of methoxy groups -OCH3 is 1. The second-order valence-corrected chi connectivity index (χ2v) is 12.5. The molecular weight excluding hydrogens is 557 g/mol. The van der Waals surface area contributed by atoms with Gasteiger partial charge in [0.25, 0.3) is 10.0 Å². The van der Waals surface area contributed by atoms with Gasteiger partial charge in [0.2, 0.25) is 11.8 Å². The van der Waals surface area contributed by atoms with Crippen LogP contribution in [0.15, 0.2) is 77.7 Å². The van der Waals surface area contributed by atoms with Crippen molar-refractivity contribution in [2.45, 2.75) is 69.5 Å². The third kappa shape index (κ3) is 7.47. The molecule has 0 spiro atoms. The predicted octanol–water partition coefficient (Wildman–Crippen LogP) is 5.20. The zero-order valence-corrected chi connectivity index (χ0v) is 25.1. The maximum Gasteiger partial charge on any atom is 0.264 e. The van der Waals surface area contributed by atoms with Gasteiger partial charge in [-0.25, -0.2) is 12.8 Å². The van der Waals surface area contributed by atoms with E-state index in [1.165, 1.54) is 30.2 Å². The van der Waals surface area contributed by atoms with Crippen LogP contribution < -0.4 is 14.4 Å². The molecule has 4 rings (SSSR count). The lowest BCUT2D eigenvalue weighted by Gasteiger charge is -2.33. The van der Waals surface area contributed by atoms with Crippen molar-refractivity contribution in [3.63, 3.8) is 0 Å². The molecule has 1 atom stereocenters. The van der Waals surface area contributed by atoms with E-state index in [1.54, 1.807) is 61.5 Å². The minimum atomic E-state index is -4.20. The van der Waals surface area contributed by atoms with Crippen LogP contribution in [0.25, 0.3) is 0 Å². The summed E-state index contributed by atoms with van der Waals surface area (Å²) < 4.78 is 48.8. The van der Waals surface area contributed by atoms with E-state index >= 15 is 0 Å². The molecule has 8 nitrogen and oxygen atoms in total. The van der Waals surface area contributed by atoms with Crippen LogP contribution in [0.4, 0.5) is 10.1 Å². The molecule has 0 radical (unpaired) electrons. The molecule has 0 saturated heterocycles. The van der Waals surface area contributed by atoms with Crippen LogP contribution in [0.1, 0.15) is 50.2 Å². The minimum absolute atomic E-state index is 0.0110. The van der Waals surface area contributed by atoms with Crippen LogP contribution in [0.3, 0.4) is 0 Å². The third-order valence-electron chi connectivity index (χ3n) is 7.67. The molecule has 2 amide bonds. The summed E-state index contributed by atoms with van der Waals surface area (Å²) in [6.07, 6.45) is 4.88. The van der Waals surface area contributed by atoms with Gasteiger partial charge in [0, 0.05) is 18.2 Å². The van der Waals surface area contributed by atoms with E-state index < -0.39 is 34.3 Å². The molecule has 3 aromatic carbocycles. The quantitative estimate of drug-likeness (QED) is 0.329. The van der Waals surface area contributed by atoms with Gasteiger partial charge in [0.1, 0.15) is 24.2 Å². The van der Waals surface area contributed by atoms with Crippen molar-refractivity contribution in [1.82, 2.24) is 10.2 Å². The lowest BCUT2D eigenvalue weighted by molar-refractivity contribution is -0.139. The first-order chi connectivity index (χ1) is 20.1. The topological polar surface area (TPSA) is 96.0 Å². The molecule has 1 saturated carbocycles. The van der Waals surface area contributed by atoms with Crippen molar-refractivity contribution in [1.29, 1.82) is 0 Å². The average molecular weight is 596 g/mol. The largest absolute Gasteiger partial charge is 0.497 e. The Morgan fingerprint density at radius 3 is 2.24 bits per heavy atom. The van der Waals surface area contributed by atoms with E-state index in [9.17, 15) is 22.4 Å². The van der Waals surface area contributed by atoms with Crippen LogP contribution in [0.2, 0.25) is 0 Å². The van der Waals surface area contributed by atoms with E-state index in [0.717, 1.165) is 42.0 Å². The lowest BCUT2D eigenvalue weighted by atomic mass is 9.95. The van der Waals surface area contributed by atoms with Crippen molar-refractivity contribution in [3.05, 3.63) is 89.7 Å². The fraction of sp³-hybridized carbons (Fsp3) is 0.375. The summed E-state index contributed by atoms with van der Waals surface area (Å²) in [4.78, 5) is 28.7. The Labute approximate surface area is 247 Å². The van der Waals surface area contributed by atoms with Crippen molar-refractivity contribution < 1.29 is 27.1 Å². The Kier molecular flexibility index (Phi) is 10.2. The number of nitrogens with one attached hydrogen (secondary N) is 1. The van der Waals surface area contributed by atoms with Gasteiger partial charge in [0.05, 0.1) is 17.7 Å². The number of anilines is 1. The second-order valence-electron chi connectivity index (χ2n) is 10.7. The number of nitrogens with zero attached hydrogens (tertiary/aromatic N) is 2. The van der Waals surface area contributed by atoms with E-state index in [0.29, 0.717) is 5.75 Å². The van der Waals surface area contributed by atoms with Gasteiger partial charge >= 0.3 is 0 Å². The molecule has 1 aliphatic carbocycles. The molecule has 1 N–H and O–H groups in total. The van der Waals surface area contributed by atoms with Gasteiger partial charge in [-0.1, -0.05) is 55.2 Å². The number of hydrogen-bond donors (Lipinski definition) is 1. The zero-order valence-electron chi connectivity index (χ0n) is 24.3. The van der Waals surface area contributed by atoms with Gasteiger partial charge in [-0.15, -0.1) is 0 Å². The van der Waals surface area contributed by atoms with Crippen molar-refractivity contribution in [2.75, 3.05) is 18.0 Å². The Morgan fingerprint density at radius 1 is 0.976 bits per heavy atom. The molecule has 0 heterocycles. The van der Waals surface area contributed by atoms with Crippen molar-refractivity contribution in [3.8, 4) is 5.75 Å². The normalized spacial score (nSPS) is 14.6. The SMILES string of the molecule is COc1ccc(N(CC(=O)N(Cc2ccccc2F)C(C)C(=O)NC2CCCCC2)S(=O)(=O)c2ccc(C)cc2)cc1. The summed E-state index contributed by atoms with van der Waals surface area (Å²) in [6.45, 7) is 2.63. The van der Waals surface area contributed by atoms with E-state index in [-0.39, 0.29) is 34.6 Å². The number of hydrogen-bond acceptors (Lipinski definition) is 5. The lowest BCUT2D eigenvalue weighted by Crippen LogP contribution is -2.53. The Bertz CT molecular complexity index is 1470. The van der Waals surface area contributed by atoms with Crippen LogP contribution in [0, 0.1) is 12.7 Å². The number of carbonyl (C=O) groups is 2. The molecular formula is C32H38FN3O5S. The Hall–Kier alpha value is -3.92. The van der Waals surface area contributed by atoms with Crippen LogP contribution in [-0.2, 0) is 26.2 Å². The summed E-state index contributed by atoms with van der Waals surface area (Å²) in [6, 6.07) is 17.7. The highest BCUT2D eigenvalue weighted by Crippen LogP contribution is 2.27. The second kappa shape index (κ2) is 13.8. The highest BCUT2D eigenvalue weighted by Gasteiger charge is 2.33. The Balaban J connectivity index is 1.68. The summed E-state index contributed by atoms with van der Waals surface area (Å²) in [5.41, 5.74) is 1.35. The number of benzene rings is 3. The van der Waals surface area contributed by atoms with Gasteiger partial charge in [0.15, 0.2) is 0 Å². The van der Waals surface area contributed by atoms with Crippen LogP contribution >= 0.6 is 0 Å². The number of aryl methyl sites for hydroxylation is 1. The van der Waals surface area contributed by atoms with Gasteiger partial charge in [-0.3, -0.25) is 13.9 Å². The third-order valence-corrected chi connectivity index (χ3v) is 9.45. The molecule has 0 bridgehead atoms. The highest BCUT2D eigenvalue weighted by molar-refractivity contribution is 7.92. The first-order valence-corrected chi connectivity index (χ1v) is 15.6. The molecule has 1 fully saturated rings. The van der Waals surface area contributed by atoms with E-state index in [4.69, 9.17) is 4.74 Å². The first-order valence-electron chi connectivity index (χ1n) is 14.2. The van der Waals surface area contributed by atoms with E-state index in [1.807, 2.05) is 6.92 Å². The molecule has 224 valence electrons. The standard InChI is InChI=1S/C32H38FN3O5S/c1-23-13-19-29(20-14-23)42(39,40)36(27-15-17-28(41-3)18-16-27)22-31(37)35(21-25-9-7-8-12-30(25)33)24(2)32(38)34-26-10-5-4-6-11-26/h7-9,12-20,24,26H,4-6,10-11,21-22H2,1-3H3,(H,34,38). The fourth-order valence-corrected chi connectivity index (χ4v) is 6.49. The summed E-state index contributed by atoms with van der Waals surface area (Å²) in [5, 5.41) is 3.04. The number of sulfonamides is 1. The molecule has 3 aromatic rings. The predicted molar refractivity (Wildman–Crippen MR) is 160 cm³/mol. The molecule has 10 heteroatoms. The number of halogens is 1. The first kappa shape index (κ1) is 31.0. The summed E-state index contributed by atoms with van der Waals surface area (Å²) in [7, 11) is -2.70. The van der Waals surface area contributed by atoms with Gasteiger partial charge in [-0.05, 0) is 69.2 Å². The van der Waals surface area contributed by atoms with Crippen LogP contribution in [-0.4, -0.2) is 50.9 Å². The summed E-state index contributed by atoms with van der Waals surface area (Å²) >= 11 is 0. The number of carbonyl (C=O) groups excluding carboxylic acids is 2.